The lowest BCUT2D eigenvalue weighted by atomic mass is 10.1. The number of benzene rings is 1. The number of pyridine rings is 1. The van der Waals surface area contributed by atoms with E-state index in [2.05, 4.69) is 10.1 Å². The van der Waals surface area contributed by atoms with E-state index in [9.17, 15) is 5.11 Å². The molecule has 3 N–H and O–H groups in total. The summed E-state index contributed by atoms with van der Waals surface area (Å²) in [5.41, 5.74) is 2.48. The summed E-state index contributed by atoms with van der Waals surface area (Å²) in [6.07, 6.45) is 1.10. The van der Waals surface area contributed by atoms with Crippen molar-refractivity contribution in [1.29, 1.82) is 0 Å². The van der Waals surface area contributed by atoms with Crippen molar-refractivity contribution >= 4 is 11.0 Å². The summed E-state index contributed by atoms with van der Waals surface area (Å²) < 4.78 is 7.09. The second-order valence-electron chi connectivity index (χ2n) is 6.10. The van der Waals surface area contributed by atoms with Crippen LogP contribution in [0.25, 0.3) is 16.7 Å². The lowest BCUT2D eigenvalue weighted by Gasteiger charge is -2.13. The number of aromatic nitrogens is 3. The highest BCUT2D eigenvalue weighted by molar-refractivity contribution is 5.76. The SMILES string of the molecule is CC(C)OC[C@H](O)c1cnc2c(cnn2-c2ccc(C(O)O)cc2)c1. The van der Waals surface area contributed by atoms with Crippen LogP contribution in [0.5, 0.6) is 0 Å². The zero-order valence-corrected chi connectivity index (χ0v) is 14.1. The molecule has 0 fully saturated rings. The maximum Gasteiger partial charge on any atom is 0.178 e. The smallest absolute Gasteiger partial charge is 0.178 e. The monoisotopic (exact) mass is 343 g/mol. The summed E-state index contributed by atoms with van der Waals surface area (Å²) in [6, 6.07) is 8.56. The van der Waals surface area contributed by atoms with Gasteiger partial charge in [0.15, 0.2) is 11.9 Å². The van der Waals surface area contributed by atoms with Gasteiger partial charge in [-0.15, -0.1) is 0 Å². The molecule has 132 valence electrons. The Morgan fingerprint density at radius 3 is 2.40 bits per heavy atom. The molecule has 2 heterocycles. The predicted octanol–water partition coefficient (Wildman–Crippen LogP) is 1.86. The van der Waals surface area contributed by atoms with Crippen LogP contribution in [0.1, 0.15) is 37.4 Å². The molecular formula is C18H21N3O4. The lowest BCUT2D eigenvalue weighted by Crippen LogP contribution is -2.12. The molecule has 0 amide bonds. The van der Waals surface area contributed by atoms with E-state index in [0.29, 0.717) is 16.8 Å². The molecule has 0 radical (unpaired) electrons. The molecular weight excluding hydrogens is 322 g/mol. The summed E-state index contributed by atoms with van der Waals surface area (Å²) in [6.45, 7) is 4.04. The maximum atomic E-state index is 10.2. The van der Waals surface area contributed by atoms with E-state index in [1.807, 2.05) is 19.9 Å². The number of aliphatic hydroxyl groups is 3. The van der Waals surface area contributed by atoms with Crippen molar-refractivity contribution in [3.63, 3.8) is 0 Å². The number of hydrogen-bond donors (Lipinski definition) is 3. The molecule has 1 atom stereocenters. The molecule has 0 aliphatic rings. The number of ether oxygens (including phenoxy) is 1. The summed E-state index contributed by atoms with van der Waals surface area (Å²) in [5.74, 6) is 0. The molecule has 0 spiro atoms. The molecule has 7 nitrogen and oxygen atoms in total. The number of rotatable bonds is 6. The van der Waals surface area contributed by atoms with Crippen molar-refractivity contribution in [2.75, 3.05) is 6.61 Å². The first-order valence-corrected chi connectivity index (χ1v) is 8.05. The van der Waals surface area contributed by atoms with Gasteiger partial charge in [-0.3, -0.25) is 0 Å². The minimum atomic E-state index is -1.50. The van der Waals surface area contributed by atoms with Gasteiger partial charge >= 0.3 is 0 Å². The fourth-order valence-corrected chi connectivity index (χ4v) is 2.48. The minimum absolute atomic E-state index is 0.0505. The first-order chi connectivity index (χ1) is 12.0. The van der Waals surface area contributed by atoms with E-state index in [0.717, 1.165) is 11.1 Å². The van der Waals surface area contributed by atoms with Gasteiger partial charge in [-0.2, -0.15) is 5.10 Å². The van der Waals surface area contributed by atoms with Crippen molar-refractivity contribution in [2.45, 2.75) is 32.3 Å². The second-order valence-corrected chi connectivity index (χ2v) is 6.10. The first-order valence-electron chi connectivity index (χ1n) is 8.05. The van der Waals surface area contributed by atoms with Crippen LogP contribution in [0.15, 0.2) is 42.7 Å². The van der Waals surface area contributed by atoms with Crippen molar-refractivity contribution < 1.29 is 20.1 Å². The van der Waals surface area contributed by atoms with Crippen LogP contribution >= 0.6 is 0 Å². The van der Waals surface area contributed by atoms with Crippen LogP contribution in [0, 0.1) is 0 Å². The third kappa shape index (κ3) is 3.85. The fraction of sp³-hybridized carbons (Fsp3) is 0.333. The average molecular weight is 343 g/mol. The molecule has 2 aromatic heterocycles. The quantitative estimate of drug-likeness (QED) is 0.591. The third-order valence-corrected chi connectivity index (χ3v) is 3.84. The highest BCUT2D eigenvalue weighted by atomic mass is 16.5. The third-order valence-electron chi connectivity index (χ3n) is 3.84. The van der Waals surface area contributed by atoms with Gasteiger partial charge in [0.2, 0.25) is 0 Å². The molecule has 0 saturated carbocycles. The van der Waals surface area contributed by atoms with E-state index in [-0.39, 0.29) is 12.7 Å². The van der Waals surface area contributed by atoms with Crippen LogP contribution in [0.2, 0.25) is 0 Å². The van der Waals surface area contributed by atoms with E-state index in [1.165, 1.54) is 0 Å². The molecule has 1 aromatic carbocycles. The van der Waals surface area contributed by atoms with Crippen LogP contribution in [-0.2, 0) is 4.74 Å². The maximum absolute atomic E-state index is 10.2. The Hall–Kier alpha value is -2.32. The van der Waals surface area contributed by atoms with E-state index < -0.39 is 12.4 Å². The Labute approximate surface area is 145 Å². The van der Waals surface area contributed by atoms with Gasteiger partial charge in [0.1, 0.15) is 6.10 Å². The van der Waals surface area contributed by atoms with Gasteiger partial charge in [-0.1, -0.05) is 12.1 Å². The van der Waals surface area contributed by atoms with E-state index in [4.69, 9.17) is 14.9 Å². The fourth-order valence-electron chi connectivity index (χ4n) is 2.48. The van der Waals surface area contributed by atoms with Gasteiger partial charge in [-0.25, -0.2) is 9.67 Å². The molecule has 0 unspecified atom stereocenters. The van der Waals surface area contributed by atoms with E-state index in [1.54, 1.807) is 41.3 Å². The standard InChI is InChI=1S/C18H21N3O4/c1-11(2)25-10-16(22)13-7-14-9-20-21(17(14)19-8-13)15-5-3-12(4-6-15)18(23)24/h3-9,11,16,18,22-24H,10H2,1-2H3/t16-/m0/s1. The van der Waals surface area contributed by atoms with Crippen molar-refractivity contribution in [1.82, 2.24) is 14.8 Å². The minimum Gasteiger partial charge on any atom is -0.386 e. The second kappa shape index (κ2) is 7.28. The van der Waals surface area contributed by atoms with Gasteiger partial charge in [0.05, 0.1) is 24.6 Å². The van der Waals surface area contributed by atoms with Gasteiger partial charge in [0.25, 0.3) is 0 Å². The average Bonchev–Trinajstić information content (AvgIpc) is 3.02. The van der Waals surface area contributed by atoms with Crippen LogP contribution in [0.4, 0.5) is 0 Å². The van der Waals surface area contributed by atoms with Crippen LogP contribution in [0.3, 0.4) is 0 Å². The predicted molar refractivity (Wildman–Crippen MR) is 92.1 cm³/mol. The molecule has 25 heavy (non-hydrogen) atoms. The Morgan fingerprint density at radius 1 is 1.04 bits per heavy atom. The number of fused-ring (bicyclic) bond motifs is 1. The van der Waals surface area contributed by atoms with Gasteiger partial charge in [-0.05, 0) is 32.0 Å². The number of hydrogen-bond acceptors (Lipinski definition) is 6. The topological polar surface area (TPSA) is 101 Å². The number of aliphatic hydroxyl groups excluding tert-OH is 2. The van der Waals surface area contributed by atoms with E-state index >= 15 is 0 Å². The van der Waals surface area contributed by atoms with Crippen molar-refractivity contribution in [3.05, 3.63) is 53.9 Å². The normalized spacial score (nSPS) is 13.1. The zero-order valence-electron chi connectivity index (χ0n) is 14.1. The number of nitrogens with zero attached hydrogens (tertiary/aromatic N) is 3. The zero-order chi connectivity index (χ0) is 18.0. The largest absolute Gasteiger partial charge is 0.386 e. The first kappa shape index (κ1) is 17.5. The van der Waals surface area contributed by atoms with Crippen LogP contribution < -0.4 is 0 Å². The highest BCUT2D eigenvalue weighted by Crippen LogP contribution is 2.22. The van der Waals surface area contributed by atoms with Crippen molar-refractivity contribution in [2.24, 2.45) is 0 Å². The molecule has 0 aliphatic carbocycles. The molecule has 3 rings (SSSR count). The van der Waals surface area contributed by atoms with Crippen LogP contribution in [-0.4, -0.2) is 42.8 Å². The Kier molecular flexibility index (Phi) is 5.10. The lowest BCUT2D eigenvalue weighted by molar-refractivity contribution is -0.0424. The molecule has 0 saturated heterocycles. The molecule has 7 heteroatoms. The Bertz CT molecular complexity index is 843. The molecule has 3 aromatic rings. The summed E-state index contributed by atoms with van der Waals surface area (Å²) >= 11 is 0. The summed E-state index contributed by atoms with van der Waals surface area (Å²) in [4.78, 5) is 4.41. The Balaban J connectivity index is 1.87. The van der Waals surface area contributed by atoms with Gasteiger partial charge in [0, 0.05) is 22.7 Å². The highest BCUT2D eigenvalue weighted by Gasteiger charge is 2.13. The molecule has 0 bridgehead atoms. The van der Waals surface area contributed by atoms with Crippen molar-refractivity contribution in [3.8, 4) is 5.69 Å². The summed E-state index contributed by atoms with van der Waals surface area (Å²) in [7, 11) is 0. The molecule has 0 aliphatic heterocycles. The van der Waals surface area contributed by atoms with Gasteiger partial charge < -0.3 is 20.1 Å². The summed E-state index contributed by atoms with van der Waals surface area (Å²) in [5, 5.41) is 33.7. The Morgan fingerprint density at radius 2 is 1.76 bits per heavy atom.